The average Bonchev–Trinajstić information content (AvgIpc) is 2.76. The van der Waals surface area contributed by atoms with E-state index < -0.39 is 27.8 Å². The summed E-state index contributed by atoms with van der Waals surface area (Å²) in [5, 5.41) is 2.14. The number of amides is 1. The van der Waals surface area contributed by atoms with Gasteiger partial charge in [-0.15, -0.1) is 11.8 Å². The fourth-order valence-corrected chi connectivity index (χ4v) is 5.84. The summed E-state index contributed by atoms with van der Waals surface area (Å²) in [5.74, 6) is -1.29. The summed E-state index contributed by atoms with van der Waals surface area (Å²) in [6.45, 7) is -0.0308. The molecule has 2 aromatic carbocycles. The van der Waals surface area contributed by atoms with E-state index in [1.807, 2.05) is 18.2 Å². The second-order valence-corrected chi connectivity index (χ2v) is 10.8. The monoisotopic (exact) mass is 474 g/mol. The lowest BCUT2D eigenvalue weighted by molar-refractivity contribution is -0.143. The van der Waals surface area contributed by atoms with Crippen molar-refractivity contribution in [2.45, 2.75) is 29.4 Å². The summed E-state index contributed by atoms with van der Waals surface area (Å²) in [6, 6.07) is 12.1. The van der Waals surface area contributed by atoms with Crippen LogP contribution >= 0.6 is 11.8 Å². The molecule has 2 heterocycles. The molecule has 2 aromatic rings. The molecule has 0 aliphatic carbocycles. The van der Waals surface area contributed by atoms with Crippen molar-refractivity contribution in [2.75, 3.05) is 29.0 Å². The second-order valence-electron chi connectivity index (χ2n) is 7.66. The highest BCUT2D eigenvalue weighted by Crippen LogP contribution is 2.36. The number of ketones is 1. The van der Waals surface area contributed by atoms with Crippen LogP contribution in [-0.2, 0) is 30.8 Å². The first-order chi connectivity index (χ1) is 15.2. The van der Waals surface area contributed by atoms with E-state index in [1.54, 1.807) is 24.3 Å². The minimum atomic E-state index is -3.39. The van der Waals surface area contributed by atoms with E-state index in [4.69, 9.17) is 4.74 Å². The van der Waals surface area contributed by atoms with Gasteiger partial charge in [-0.25, -0.2) is 8.42 Å². The van der Waals surface area contributed by atoms with Crippen LogP contribution in [0.25, 0.3) is 0 Å². The van der Waals surface area contributed by atoms with Crippen LogP contribution in [0.2, 0.25) is 0 Å². The minimum absolute atomic E-state index is 0.147. The maximum absolute atomic E-state index is 12.5. The van der Waals surface area contributed by atoms with Gasteiger partial charge in [-0.1, -0.05) is 12.1 Å². The van der Waals surface area contributed by atoms with Gasteiger partial charge in [-0.3, -0.25) is 18.7 Å². The molecule has 1 N–H and O–H groups in total. The lowest BCUT2D eigenvalue weighted by atomic mass is 9.99. The van der Waals surface area contributed by atoms with Gasteiger partial charge in [0.15, 0.2) is 12.4 Å². The highest BCUT2D eigenvalue weighted by Gasteiger charge is 2.30. The molecular formula is C22H22N2O6S2. The van der Waals surface area contributed by atoms with E-state index in [-0.39, 0.29) is 18.1 Å². The van der Waals surface area contributed by atoms with Crippen molar-refractivity contribution in [1.82, 2.24) is 0 Å². The quantitative estimate of drug-likeness (QED) is 0.506. The molecule has 0 spiro atoms. The fourth-order valence-electron chi connectivity index (χ4n) is 3.75. The number of fused-ring (bicyclic) bond motifs is 2. The smallest absolute Gasteiger partial charge is 0.307 e. The van der Waals surface area contributed by atoms with Crippen molar-refractivity contribution in [1.29, 1.82) is 0 Å². The first-order valence-electron chi connectivity index (χ1n) is 10.1. The topological polar surface area (TPSA) is 110 Å². The number of anilines is 2. The number of hydrogen-bond acceptors (Lipinski definition) is 7. The SMILES string of the molecule is CS(=O)(=O)N1CCCc2cc(C(=O)COC(=O)C[C@@H]3Sc4ccccc4NC3=O)ccc21. The first-order valence-corrected chi connectivity index (χ1v) is 12.8. The Morgan fingerprint density at radius 2 is 2.00 bits per heavy atom. The first kappa shape index (κ1) is 22.3. The largest absolute Gasteiger partial charge is 0.457 e. The summed E-state index contributed by atoms with van der Waals surface area (Å²) in [5.41, 5.74) is 2.41. The molecule has 0 radical (unpaired) electrons. The Bertz CT molecular complexity index is 1190. The highest BCUT2D eigenvalue weighted by atomic mass is 32.2. The van der Waals surface area contributed by atoms with Gasteiger partial charge in [0.2, 0.25) is 15.9 Å². The van der Waals surface area contributed by atoms with Crippen molar-refractivity contribution < 1.29 is 27.5 Å². The van der Waals surface area contributed by atoms with Crippen LogP contribution in [-0.4, -0.2) is 50.7 Å². The molecule has 0 aromatic heterocycles. The third-order valence-electron chi connectivity index (χ3n) is 5.30. The number of benzene rings is 2. The Hall–Kier alpha value is -2.85. The summed E-state index contributed by atoms with van der Waals surface area (Å²) < 4.78 is 30.4. The van der Waals surface area contributed by atoms with Crippen LogP contribution in [0.3, 0.4) is 0 Å². The van der Waals surface area contributed by atoms with Crippen LogP contribution in [0.1, 0.15) is 28.8 Å². The molecule has 0 unspecified atom stereocenters. The lowest BCUT2D eigenvalue weighted by Crippen LogP contribution is -2.34. The minimum Gasteiger partial charge on any atom is -0.457 e. The Balaban J connectivity index is 1.36. The molecule has 32 heavy (non-hydrogen) atoms. The normalized spacial score (nSPS) is 17.7. The van der Waals surface area contributed by atoms with Crippen molar-refractivity contribution in [2.24, 2.45) is 0 Å². The fraction of sp³-hybridized carbons (Fsp3) is 0.318. The molecule has 2 aliphatic rings. The number of Topliss-reactive ketones (excluding diaryl/α,β-unsaturated/α-hetero) is 1. The van der Waals surface area contributed by atoms with Gasteiger partial charge in [0, 0.05) is 17.0 Å². The van der Waals surface area contributed by atoms with Crippen LogP contribution in [0.15, 0.2) is 47.4 Å². The number of thioether (sulfide) groups is 1. The van der Waals surface area contributed by atoms with Gasteiger partial charge in [0.1, 0.15) is 0 Å². The van der Waals surface area contributed by atoms with Gasteiger partial charge in [-0.05, 0) is 48.7 Å². The van der Waals surface area contributed by atoms with Crippen LogP contribution in [0.4, 0.5) is 11.4 Å². The van der Waals surface area contributed by atoms with Crippen molar-refractivity contribution in [3.8, 4) is 0 Å². The predicted molar refractivity (Wildman–Crippen MR) is 122 cm³/mol. The lowest BCUT2D eigenvalue weighted by Gasteiger charge is -2.29. The summed E-state index contributed by atoms with van der Waals surface area (Å²) >= 11 is 1.29. The van der Waals surface area contributed by atoms with Gasteiger partial charge >= 0.3 is 5.97 Å². The summed E-state index contributed by atoms with van der Waals surface area (Å²) in [4.78, 5) is 37.9. The van der Waals surface area contributed by atoms with E-state index in [2.05, 4.69) is 5.32 Å². The van der Waals surface area contributed by atoms with Crippen molar-refractivity contribution in [3.63, 3.8) is 0 Å². The average molecular weight is 475 g/mol. The van der Waals surface area contributed by atoms with Crippen molar-refractivity contribution >= 4 is 50.8 Å². The highest BCUT2D eigenvalue weighted by molar-refractivity contribution is 8.01. The number of nitrogens with zero attached hydrogens (tertiary/aromatic N) is 1. The Morgan fingerprint density at radius 1 is 1.22 bits per heavy atom. The van der Waals surface area contributed by atoms with Gasteiger partial charge in [0.05, 0.1) is 29.3 Å². The number of para-hydroxylation sites is 1. The van der Waals surface area contributed by atoms with E-state index in [0.29, 0.717) is 36.3 Å². The molecule has 2 aliphatic heterocycles. The molecule has 0 saturated carbocycles. The number of carbonyl (C=O) groups is 3. The Labute approximate surface area is 190 Å². The number of hydrogen-bond donors (Lipinski definition) is 1. The maximum Gasteiger partial charge on any atom is 0.307 e. The van der Waals surface area contributed by atoms with Gasteiger partial charge in [-0.2, -0.15) is 0 Å². The molecule has 0 bridgehead atoms. The molecule has 0 saturated heterocycles. The number of rotatable bonds is 6. The second kappa shape index (κ2) is 8.95. The Kier molecular flexibility index (Phi) is 6.25. The Morgan fingerprint density at radius 3 is 2.78 bits per heavy atom. The predicted octanol–water partition coefficient (Wildman–Crippen LogP) is 2.63. The molecular weight excluding hydrogens is 452 g/mol. The van der Waals surface area contributed by atoms with Gasteiger partial charge < -0.3 is 10.1 Å². The zero-order valence-electron chi connectivity index (χ0n) is 17.4. The molecule has 168 valence electrons. The van der Waals surface area contributed by atoms with Crippen LogP contribution < -0.4 is 9.62 Å². The molecule has 0 fully saturated rings. The number of carbonyl (C=O) groups excluding carboxylic acids is 3. The number of esters is 1. The van der Waals surface area contributed by atoms with Crippen LogP contribution in [0, 0.1) is 0 Å². The van der Waals surface area contributed by atoms with E-state index in [9.17, 15) is 22.8 Å². The number of ether oxygens (including phenoxy) is 1. The molecule has 1 atom stereocenters. The van der Waals surface area contributed by atoms with Crippen LogP contribution in [0.5, 0.6) is 0 Å². The third kappa shape index (κ3) is 4.81. The molecule has 8 nitrogen and oxygen atoms in total. The standard InChI is InChI=1S/C22H22N2O6S2/c1-32(28,29)24-10-4-5-14-11-15(8-9-17(14)24)18(25)13-30-21(26)12-20-22(27)23-16-6-2-3-7-19(16)31-20/h2-3,6-9,11,20H,4-5,10,12-13H2,1H3,(H,23,27)/t20-/m0/s1. The zero-order chi connectivity index (χ0) is 22.9. The maximum atomic E-state index is 12.5. The van der Waals surface area contributed by atoms with E-state index in [0.717, 1.165) is 16.7 Å². The molecule has 10 heteroatoms. The molecule has 4 rings (SSSR count). The van der Waals surface area contributed by atoms with E-state index in [1.165, 1.54) is 16.1 Å². The molecule has 1 amide bonds. The van der Waals surface area contributed by atoms with E-state index >= 15 is 0 Å². The number of aryl methyl sites for hydroxylation is 1. The number of sulfonamides is 1. The summed E-state index contributed by atoms with van der Waals surface area (Å²) in [6.07, 6.45) is 2.34. The number of nitrogens with one attached hydrogen (secondary N) is 1. The van der Waals surface area contributed by atoms with Gasteiger partial charge in [0.25, 0.3) is 0 Å². The third-order valence-corrected chi connectivity index (χ3v) is 7.76. The summed E-state index contributed by atoms with van der Waals surface area (Å²) in [7, 11) is -3.39. The van der Waals surface area contributed by atoms with Crippen molar-refractivity contribution in [3.05, 3.63) is 53.6 Å². The zero-order valence-corrected chi connectivity index (χ0v) is 19.0.